The molecule has 0 heterocycles. The first-order valence-electron chi connectivity index (χ1n) is 36.1. The van der Waals surface area contributed by atoms with Gasteiger partial charge in [-0.05, 0) is 38.5 Å². The van der Waals surface area contributed by atoms with Crippen molar-refractivity contribution in [2.75, 3.05) is 13.2 Å². The molecule has 0 aromatic heterocycles. The average Bonchev–Trinajstić information content (AvgIpc) is 3.65. The largest absolute Gasteiger partial charge is 0.481 e. The summed E-state index contributed by atoms with van der Waals surface area (Å²) in [6.45, 7) is 11.8. The maximum absolute atomic E-state index is 12.8. The molecule has 0 aromatic rings. The molecule has 0 fully saturated rings. The Hall–Kier alpha value is -2.20. The molecule has 10 heteroatoms. The van der Waals surface area contributed by atoms with Crippen LogP contribution in [0.5, 0.6) is 0 Å². The molecule has 82 heavy (non-hydrogen) atoms. The summed E-state index contributed by atoms with van der Waals surface area (Å²) in [5.41, 5.74) is -3.83. The predicted molar refractivity (Wildman–Crippen MR) is 347 cm³/mol. The van der Waals surface area contributed by atoms with E-state index in [1.54, 1.807) is 0 Å². The van der Waals surface area contributed by atoms with E-state index in [9.17, 15) is 39.6 Å². The fraction of sp³-hybridized carbons (Fsp3) is 0.944. The van der Waals surface area contributed by atoms with Gasteiger partial charge in [0.1, 0.15) is 5.41 Å². The van der Waals surface area contributed by atoms with E-state index in [0.29, 0.717) is 32.5 Å². The second kappa shape index (κ2) is 63.3. The number of hydrogen-bond acceptors (Lipinski definition) is 8. The normalized spacial score (nSPS) is 12.7. The molecular formula is C72H140O10. The number of aliphatic carboxylic acids is 2. The van der Waals surface area contributed by atoms with E-state index >= 15 is 0 Å². The molecule has 0 rings (SSSR count). The molecule has 0 radical (unpaired) electrons. The van der Waals surface area contributed by atoms with Gasteiger partial charge in [0.15, 0.2) is 11.7 Å². The molecule has 0 aliphatic heterocycles. The van der Waals surface area contributed by atoms with Crippen molar-refractivity contribution >= 4 is 23.9 Å². The van der Waals surface area contributed by atoms with E-state index in [4.69, 9.17) is 9.47 Å². The third kappa shape index (κ3) is 50.0. The minimum absolute atomic E-state index is 0.0246. The summed E-state index contributed by atoms with van der Waals surface area (Å²) >= 11 is 0. The van der Waals surface area contributed by atoms with E-state index in [0.717, 1.165) is 103 Å². The van der Waals surface area contributed by atoms with Crippen LogP contribution in [0.15, 0.2) is 0 Å². The minimum atomic E-state index is -2.22. The highest BCUT2D eigenvalue weighted by molar-refractivity contribution is 5.88. The number of unbranched alkanes of at least 4 members (excludes halogenated alkanes) is 49. The van der Waals surface area contributed by atoms with E-state index in [-0.39, 0.29) is 25.7 Å². The van der Waals surface area contributed by atoms with E-state index in [1.165, 1.54) is 225 Å². The summed E-state index contributed by atoms with van der Waals surface area (Å²) in [6.07, 6.45) is 63.5. The standard InChI is InChI=1S/C40H78O5.C32H62O5/c1-3-5-7-9-11-13-15-17-19-21-23-25-27-29-31-33-35-44-39(42)37-38(41)40(43)45-36-34-32-30-28-26-24-22-20-18-16-14-12-10-8-6-4-2;1-4-7-10-13-16-17-18-19-22-25-28-32(37,30(35)36)31(29(33)34,26-23-20-14-11-8-5-2)27-24-21-15-12-9-6-3/h38,41H,3-37H2,1-2H3;37H,4-28H2,1-3H3,(H,33,34)(H,35,36). The van der Waals surface area contributed by atoms with Gasteiger partial charge in [-0.3, -0.25) is 9.59 Å². The Morgan fingerprint density at radius 1 is 0.305 bits per heavy atom. The Morgan fingerprint density at radius 2 is 0.524 bits per heavy atom. The lowest BCUT2D eigenvalue weighted by molar-refractivity contribution is -0.194. The van der Waals surface area contributed by atoms with Crippen LogP contribution in [0.1, 0.15) is 407 Å². The Kier molecular flexibility index (Phi) is 63.2. The molecule has 0 saturated heterocycles. The highest BCUT2D eigenvalue weighted by Crippen LogP contribution is 2.46. The van der Waals surface area contributed by atoms with Gasteiger partial charge in [0.25, 0.3) is 0 Å². The van der Waals surface area contributed by atoms with Gasteiger partial charge in [-0.1, -0.05) is 362 Å². The van der Waals surface area contributed by atoms with Crippen molar-refractivity contribution in [1.82, 2.24) is 0 Å². The zero-order chi connectivity index (χ0) is 60.7. The Bertz CT molecular complexity index is 1350. The zero-order valence-corrected chi connectivity index (χ0v) is 55.2. The summed E-state index contributed by atoms with van der Waals surface area (Å²) in [5.74, 6) is -3.73. The summed E-state index contributed by atoms with van der Waals surface area (Å²) < 4.78 is 10.4. The van der Waals surface area contributed by atoms with Gasteiger partial charge in [-0.15, -0.1) is 0 Å². The number of carboxylic acids is 2. The smallest absolute Gasteiger partial charge is 0.336 e. The quantitative estimate of drug-likeness (QED) is 0.0340. The lowest BCUT2D eigenvalue weighted by atomic mass is 9.63. The summed E-state index contributed by atoms with van der Waals surface area (Å²) in [6, 6.07) is 0. The van der Waals surface area contributed by atoms with Gasteiger partial charge < -0.3 is 29.9 Å². The van der Waals surface area contributed by atoms with Crippen LogP contribution in [0.3, 0.4) is 0 Å². The van der Waals surface area contributed by atoms with Crippen molar-refractivity contribution in [1.29, 1.82) is 0 Å². The molecule has 10 nitrogen and oxygen atoms in total. The molecule has 0 spiro atoms. The van der Waals surface area contributed by atoms with Gasteiger partial charge in [-0.25, -0.2) is 9.59 Å². The third-order valence-electron chi connectivity index (χ3n) is 17.5. The fourth-order valence-corrected chi connectivity index (χ4v) is 11.8. The summed E-state index contributed by atoms with van der Waals surface area (Å²) in [4.78, 5) is 49.2. The van der Waals surface area contributed by atoms with Crippen LogP contribution in [-0.4, -0.2) is 69.2 Å². The minimum Gasteiger partial charge on any atom is -0.481 e. The van der Waals surface area contributed by atoms with E-state index in [2.05, 4.69) is 34.6 Å². The summed E-state index contributed by atoms with van der Waals surface area (Å²) in [7, 11) is 0. The van der Waals surface area contributed by atoms with E-state index < -0.39 is 41.0 Å². The maximum Gasteiger partial charge on any atom is 0.336 e. The number of aliphatic hydroxyl groups is 2. The highest BCUT2D eigenvalue weighted by atomic mass is 16.6. The van der Waals surface area contributed by atoms with Crippen molar-refractivity contribution in [3.63, 3.8) is 0 Å². The average molecular weight is 1170 g/mol. The van der Waals surface area contributed by atoms with Crippen molar-refractivity contribution in [2.45, 2.75) is 419 Å². The third-order valence-corrected chi connectivity index (χ3v) is 17.5. The van der Waals surface area contributed by atoms with Crippen molar-refractivity contribution in [3.05, 3.63) is 0 Å². The molecular weight excluding hydrogens is 1020 g/mol. The molecule has 488 valence electrons. The number of carboxylic acid groups (broad SMARTS) is 2. The molecule has 0 aliphatic carbocycles. The molecule has 2 atom stereocenters. The van der Waals surface area contributed by atoms with Crippen molar-refractivity contribution in [3.8, 4) is 0 Å². The van der Waals surface area contributed by atoms with Gasteiger partial charge >= 0.3 is 23.9 Å². The number of hydrogen-bond donors (Lipinski definition) is 4. The zero-order valence-electron chi connectivity index (χ0n) is 55.2. The molecule has 0 amide bonds. The van der Waals surface area contributed by atoms with Crippen molar-refractivity contribution < 1.29 is 49.1 Å². The van der Waals surface area contributed by atoms with Crippen LogP contribution in [0, 0.1) is 5.41 Å². The number of rotatable bonds is 65. The molecule has 0 bridgehead atoms. The fourth-order valence-electron chi connectivity index (χ4n) is 11.8. The molecule has 0 saturated carbocycles. The van der Waals surface area contributed by atoms with Crippen molar-refractivity contribution in [2.24, 2.45) is 5.41 Å². The number of carbonyl (C=O) groups excluding carboxylic acids is 2. The first-order chi connectivity index (χ1) is 39.9. The van der Waals surface area contributed by atoms with Gasteiger partial charge in [-0.2, -0.15) is 0 Å². The molecule has 0 aromatic carbocycles. The van der Waals surface area contributed by atoms with Crippen LogP contribution in [-0.2, 0) is 28.7 Å². The van der Waals surface area contributed by atoms with Gasteiger partial charge in [0.05, 0.1) is 19.6 Å². The monoisotopic (exact) mass is 1170 g/mol. The van der Waals surface area contributed by atoms with Crippen LogP contribution >= 0.6 is 0 Å². The highest BCUT2D eigenvalue weighted by Gasteiger charge is 2.59. The number of aliphatic hydroxyl groups excluding tert-OH is 1. The second-order valence-electron chi connectivity index (χ2n) is 25.2. The number of ether oxygens (including phenoxy) is 2. The van der Waals surface area contributed by atoms with Crippen LogP contribution in [0.2, 0.25) is 0 Å². The van der Waals surface area contributed by atoms with Gasteiger partial charge in [0, 0.05) is 0 Å². The first kappa shape index (κ1) is 81.9. The van der Waals surface area contributed by atoms with Crippen LogP contribution in [0.25, 0.3) is 0 Å². The van der Waals surface area contributed by atoms with E-state index in [1.807, 2.05) is 0 Å². The Morgan fingerprint density at radius 3 is 0.768 bits per heavy atom. The summed E-state index contributed by atoms with van der Waals surface area (Å²) in [5, 5.41) is 42.2. The van der Waals surface area contributed by atoms with Crippen LogP contribution < -0.4 is 0 Å². The molecule has 2 unspecified atom stereocenters. The Balaban J connectivity index is 0. The number of carbonyl (C=O) groups is 4. The lowest BCUT2D eigenvalue weighted by Gasteiger charge is -2.42. The van der Waals surface area contributed by atoms with Gasteiger partial charge in [0.2, 0.25) is 0 Å². The maximum atomic E-state index is 12.8. The number of esters is 2. The first-order valence-corrected chi connectivity index (χ1v) is 36.1. The SMILES string of the molecule is CCCCCCCCCCCCC(O)(C(=O)O)C(CCCCCCCC)(CCCCCCCC)C(=O)O.CCCCCCCCCCCCCCCCCCOC(=O)CC(O)C(=O)OCCCCCCCCCCCCCCCCCC. The topological polar surface area (TPSA) is 168 Å². The lowest BCUT2D eigenvalue weighted by Crippen LogP contribution is -2.58. The van der Waals surface area contributed by atoms with Crippen LogP contribution in [0.4, 0.5) is 0 Å². The Labute approximate surface area is 508 Å². The molecule has 4 N–H and O–H groups in total. The predicted octanol–water partition coefficient (Wildman–Crippen LogP) is 22.0. The molecule has 0 aliphatic rings. The second-order valence-corrected chi connectivity index (χ2v) is 25.2.